The van der Waals surface area contributed by atoms with Gasteiger partial charge in [-0.25, -0.2) is 9.59 Å². The topological polar surface area (TPSA) is 316 Å². The third-order valence-electron chi connectivity index (χ3n) is 22.0. The molecule has 5 saturated heterocycles. The van der Waals surface area contributed by atoms with Crippen molar-refractivity contribution in [2.45, 2.75) is 301 Å². The number of rotatable bonds is 19. The molecule has 0 spiro atoms. The van der Waals surface area contributed by atoms with Gasteiger partial charge in [0, 0.05) is 32.1 Å². The lowest BCUT2D eigenvalue weighted by atomic mass is 9.79. The molecule has 5 aliphatic carbocycles. The highest BCUT2D eigenvalue weighted by molar-refractivity contribution is 5.82. The monoisotopic (exact) mass is 1360 g/mol. The van der Waals surface area contributed by atoms with Crippen molar-refractivity contribution in [3.8, 4) is 0 Å². The highest BCUT2D eigenvalue weighted by Gasteiger charge is 2.55. The van der Waals surface area contributed by atoms with Crippen LogP contribution >= 0.6 is 0 Å². The molecule has 24 nitrogen and oxygen atoms in total. The zero-order chi connectivity index (χ0) is 71.8. The maximum atomic E-state index is 12.1. The Morgan fingerprint density at radius 2 is 0.719 bits per heavy atom. The smallest absolute Gasteiger partial charge is 0.344 e. The fourth-order valence-corrected chi connectivity index (χ4v) is 12.9. The van der Waals surface area contributed by atoms with Crippen LogP contribution in [0, 0.1) is 68.5 Å². The van der Waals surface area contributed by atoms with E-state index in [1.165, 1.54) is 0 Å². The molecular weight excluding hydrogens is 1250 g/mol. The quantitative estimate of drug-likeness (QED) is 0.0857. The first kappa shape index (κ1) is 78.6. The van der Waals surface area contributed by atoms with Gasteiger partial charge in [-0.3, -0.25) is 47.9 Å². The number of hydrogen-bond donors (Lipinski definition) is 0. The Kier molecular flexibility index (Phi) is 26.3. The lowest BCUT2D eigenvalue weighted by molar-refractivity contribution is -0.180. The van der Waals surface area contributed by atoms with Crippen molar-refractivity contribution in [2.24, 2.45) is 68.5 Å². The van der Waals surface area contributed by atoms with Crippen molar-refractivity contribution in [3.05, 3.63) is 0 Å². The molecule has 17 atom stereocenters. The molecule has 96 heavy (non-hydrogen) atoms. The SMILES string of the molecule is CCC(C)(C)C(=O)OC1C(C)CC2CC1OC2=O.CCC(C)(C)C(=O)OC1CCC2CC1(C)OC2=O.CCC(C)(C)C(=O)OC1CCC2CC1OC2=O.CCC(C)(C)C(=O)OCC(=O)OC1C(C)CC2CC1OC2=O.CCC(C)(C)C(=O)OCC(=O)OC1CCC2CC1OC2=O. The summed E-state index contributed by atoms with van der Waals surface area (Å²) >= 11 is 0. The number of carbonyl (C=O) groups is 12. The van der Waals surface area contributed by atoms with E-state index in [-0.39, 0.29) is 132 Å². The van der Waals surface area contributed by atoms with Gasteiger partial charge in [-0.2, -0.15) is 0 Å². The van der Waals surface area contributed by atoms with Crippen molar-refractivity contribution < 1.29 is 114 Å². The molecule has 5 saturated carbocycles. The minimum atomic E-state index is -0.618. The molecule has 0 radical (unpaired) electrons. The number of carbonyl (C=O) groups excluding carboxylic acids is 12. The summed E-state index contributed by atoms with van der Waals surface area (Å²) in [6.07, 6.45) is 9.66. The summed E-state index contributed by atoms with van der Waals surface area (Å²) in [4.78, 5) is 141. The molecule has 17 unspecified atom stereocenters. The molecule has 0 amide bonds. The Morgan fingerprint density at radius 1 is 0.385 bits per heavy atom. The Morgan fingerprint density at radius 3 is 1.15 bits per heavy atom. The van der Waals surface area contributed by atoms with Gasteiger partial charge in [-0.1, -0.05) is 48.5 Å². The van der Waals surface area contributed by atoms with Crippen molar-refractivity contribution in [2.75, 3.05) is 13.2 Å². The first-order valence-corrected chi connectivity index (χ1v) is 35.1. The van der Waals surface area contributed by atoms with Gasteiger partial charge in [0.1, 0.15) is 60.5 Å². The summed E-state index contributed by atoms with van der Waals surface area (Å²) in [5.74, 6) is -3.21. The van der Waals surface area contributed by atoms with E-state index in [1.54, 1.807) is 27.7 Å². The molecule has 542 valence electrons. The Bertz CT molecular complexity index is 2820. The summed E-state index contributed by atoms with van der Waals surface area (Å²) < 4.78 is 63.8. The summed E-state index contributed by atoms with van der Waals surface area (Å²) in [5, 5.41) is 0. The van der Waals surface area contributed by atoms with Crippen LogP contribution in [0.15, 0.2) is 0 Å². The van der Waals surface area contributed by atoms with Crippen LogP contribution in [0.1, 0.15) is 240 Å². The van der Waals surface area contributed by atoms with Crippen molar-refractivity contribution in [1.29, 1.82) is 0 Å². The van der Waals surface area contributed by atoms with Gasteiger partial charge in [0.15, 0.2) is 13.2 Å². The number of ether oxygens (including phenoxy) is 12. The summed E-state index contributed by atoms with van der Waals surface area (Å²) in [5.41, 5.74) is -3.25. The highest BCUT2D eigenvalue weighted by atomic mass is 16.6. The van der Waals surface area contributed by atoms with Crippen LogP contribution in [0.2, 0.25) is 0 Å². The van der Waals surface area contributed by atoms with Gasteiger partial charge < -0.3 is 56.8 Å². The van der Waals surface area contributed by atoms with Crippen LogP contribution in [0.3, 0.4) is 0 Å². The van der Waals surface area contributed by atoms with Crippen LogP contribution in [0.25, 0.3) is 0 Å². The fraction of sp³-hybridized carbons (Fsp3) is 0.833. The predicted molar refractivity (Wildman–Crippen MR) is 341 cm³/mol. The van der Waals surface area contributed by atoms with Gasteiger partial charge >= 0.3 is 71.6 Å². The van der Waals surface area contributed by atoms with E-state index in [0.29, 0.717) is 64.2 Å². The standard InChI is InChI=1S/C16H24O6.C15H22O6.2C14H22O4.C13H20O4/c1-5-16(3,4)15(19)20-8-12(17)22-13-9(2)6-10-7-11(13)21-14(10)18;1-4-15(2,3)14(18)19-8-12(16)20-10-6-5-9-7-11(10)21-13(9)17;1-5-14(3,4)13(16)18-11-8(2)6-9-7-10(11)17-12(9)15;1-5-13(2,3)12(16)17-10-7-6-9-8-14(10,4)18-11(9)15;1-4-13(2,3)12(15)17-9-6-5-8-7-10(9)16-11(8)14/h9-11,13H,5-8H2,1-4H3;9-11H,4-8H2,1-3H3;8-11H,5-7H2,1-4H3;9-10H,5-8H2,1-4H3;8-10H,4-7H2,1-3H3. The first-order chi connectivity index (χ1) is 44.6. The van der Waals surface area contributed by atoms with Crippen molar-refractivity contribution in [3.63, 3.8) is 0 Å². The zero-order valence-corrected chi connectivity index (χ0v) is 60.2. The van der Waals surface area contributed by atoms with Crippen LogP contribution < -0.4 is 0 Å². The summed E-state index contributed by atoms with van der Waals surface area (Å²) in [7, 11) is 0. The summed E-state index contributed by atoms with van der Waals surface area (Å²) in [6.45, 7) is 33.0. The molecule has 5 heterocycles. The second-order valence-electron chi connectivity index (χ2n) is 31.5. The Hall–Kier alpha value is -6.36. The molecule has 10 fully saturated rings. The molecule has 10 aliphatic rings. The largest absolute Gasteiger partial charge is 0.458 e. The zero-order valence-electron chi connectivity index (χ0n) is 60.2. The van der Waals surface area contributed by atoms with Gasteiger partial charge in [-0.05, 0) is 171 Å². The lowest BCUT2D eigenvalue weighted by Crippen LogP contribution is -2.45. The van der Waals surface area contributed by atoms with E-state index in [9.17, 15) is 57.5 Å². The molecule has 0 aromatic carbocycles. The molecule has 0 aromatic heterocycles. The van der Waals surface area contributed by atoms with Gasteiger partial charge in [0.05, 0.1) is 56.7 Å². The minimum Gasteiger partial charge on any atom is -0.458 e. The van der Waals surface area contributed by atoms with Gasteiger partial charge in [-0.15, -0.1) is 0 Å². The molecular formula is C72H110O24. The molecule has 0 aromatic rings. The molecule has 0 N–H and O–H groups in total. The Balaban J connectivity index is 0.000000190. The van der Waals surface area contributed by atoms with Crippen molar-refractivity contribution in [1.82, 2.24) is 0 Å². The second kappa shape index (κ2) is 32.1. The second-order valence-corrected chi connectivity index (χ2v) is 31.5. The number of fused-ring (bicyclic) bond motifs is 10. The fourth-order valence-electron chi connectivity index (χ4n) is 12.9. The van der Waals surface area contributed by atoms with Gasteiger partial charge in [0.2, 0.25) is 0 Å². The average Bonchev–Trinajstić information content (AvgIpc) is 1.62. The van der Waals surface area contributed by atoms with E-state index < -0.39 is 82.0 Å². The van der Waals surface area contributed by atoms with Crippen LogP contribution in [-0.4, -0.2) is 145 Å². The third kappa shape index (κ3) is 19.5. The first-order valence-electron chi connectivity index (χ1n) is 35.1. The highest BCUT2D eigenvalue weighted by Crippen LogP contribution is 2.46. The normalized spacial score (nSPS) is 32.0. The van der Waals surface area contributed by atoms with E-state index in [4.69, 9.17) is 56.8 Å². The molecule has 5 aliphatic heterocycles. The van der Waals surface area contributed by atoms with Gasteiger partial charge in [0.25, 0.3) is 0 Å². The lowest BCUT2D eigenvalue weighted by Gasteiger charge is -2.36. The maximum Gasteiger partial charge on any atom is 0.344 e. The average molecular weight is 1360 g/mol. The minimum absolute atomic E-state index is 0.00383. The van der Waals surface area contributed by atoms with E-state index in [2.05, 4.69) is 0 Å². The molecule has 24 heteroatoms. The molecule has 10 rings (SSSR count). The van der Waals surface area contributed by atoms with Crippen LogP contribution in [0.5, 0.6) is 0 Å². The van der Waals surface area contributed by atoms with E-state index in [1.807, 2.05) is 96.9 Å². The van der Waals surface area contributed by atoms with Crippen LogP contribution in [0.4, 0.5) is 0 Å². The molecule has 10 bridgehead atoms. The number of hydrogen-bond acceptors (Lipinski definition) is 24. The van der Waals surface area contributed by atoms with Crippen LogP contribution in [-0.2, 0) is 114 Å². The summed E-state index contributed by atoms with van der Waals surface area (Å²) in [6, 6.07) is 0. The number of esters is 12. The van der Waals surface area contributed by atoms with E-state index >= 15 is 0 Å². The Labute approximate surface area is 566 Å². The predicted octanol–water partition coefficient (Wildman–Crippen LogP) is 10.3. The maximum absolute atomic E-state index is 12.1. The third-order valence-corrected chi connectivity index (χ3v) is 22.0. The van der Waals surface area contributed by atoms with Crippen molar-refractivity contribution >= 4 is 71.6 Å². The van der Waals surface area contributed by atoms with E-state index in [0.717, 1.165) is 51.4 Å².